The van der Waals surface area contributed by atoms with E-state index in [1.165, 1.54) is 0 Å². The second-order valence-corrected chi connectivity index (χ2v) is 8.53. The van der Waals surface area contributed by atoms with E-state index in [9.17, 15) is 9.90 Å². The molecule has 1 atom stereocenters. The highest BCUT2D eigenvalue weighted by Gasteiger charge is 2.18. The van der Waals surface area contributed by atoms with Crippen LogP contribution in [0.4, 0.5) is 0 Å². The summed E-state index contributed by atoms with van der Waals surface area (Å²) in [5.41, 5.74) is 4.63. The summed E-state index contributed by atoms with van der Waals surface area (Å²) in [5, 5.41) is 23.0. The summed E-state index contributed by atoms with van der Waals surface area (Å²) in [6.07, 6.45) is 3.62. The summed E-state index contributed by atoms with van der Waals surface area (Å²) in [7, 11) is 0. The lowest BCUT2D eigenvalue weighted by Crippen LogP contribution is -2.31. The van der Waals surface area contributed by atoms with E-state index in [0.717, 1.165) is 33.3 Å². The van der Waals surface area contributed by atoms with Crippen LogP contribution in [-0.4, -0.2) is 37.6 Å². The second-order valence-electron chi connectivity index (χ2n) is 8.09. The Morgan fingerprint density at radius 2 is 1.83 bits per heavy atom. The summed E-state index contributed by atoms with van der Waals surface area (Å²) in [4.78, 5) is 17.5. The summed E-state index contributed by atoms with van der Waals surface area (Å²) >= 11 is 5.96. The number of amides is 1. The number of hydrogen-bond acceptors (Lipinski definition) is 5. The molecule has 5 aromatic rings. The van der Waals surface area contributed by atoms with Crippen LogP contribution < -0.4 is 5.32 Å². The lowest BCUT2D eigenvalue weighted by Gasteiger charge is -2.18. The molecule has 2 aromatic heterocycles. The minimum absolute atomic E-state index is 0.234. The largest absolute Gasteiger partial charge is 0.394 e. The van der Waals surface area contributed by atoms with E-state index in [4.69, 9.17) is 11.6 Å². The smallest absolute Gasteiger partial charge is 0.252 e. The van der Waals surface area contributed by atoms with Gasteiger partial charge in [0.1, 0.15) is 5.69 Å². The predicted octanol–water partition coefficient (Wildman–Crippen LogP) is 4.66. The van der Waals surface area contributed by atoms with E-state index >= 15 is 0 Å². The minimum atomic E-state index is -0.550. The topological polar surface area (TPSA) is 92.9 Å². The molecule has 8 heteroatoms. The van der Waals surface area contributed by atoms with Gasteiger partial charge in [0.25, 0.3) is 5.91 Å². The van der Waals surface area contributed by atoms with Crippen LogP contribution in [0.3, 0.4) is 0 Å². The first-order chi connectivity index (χ1) is 17.1. The molecular weight excluding hydrogens is 462 g/mol. The van der Waals surface area contributed by atoms with Gasteiger partial charge in [0.2, 0.25) is 0 Å². The third kappa shape index (κ3) is 4.91. The first-order valence-electron chi connectivity index (χ1n) is 11.1. The number of aliphatic hydroxyl groups is 1. The summed E-state index contributed by atoms with van der Waals surface area (Å²) in [6.45, 7) is 0.131. The molecular formula is C27H22ClN5O2. The fourth-order valence-electron chi connectivity index (χ4n) is 4.05. The van der Waals surface area contributed by atoms with Gasteiger partial charge < -0.3 is 10.4 Å². The number of halogens is 1. The van der Waals surface area contributed by atoms with Gasteiger partial charge in [0.05, 0.1) is 30.9 Å². The molecule has 174 valence electrons. The second kappa shape index (κ2) is 10.0. The van der Waals surface area contributed by atoms with Gasteiger partial charge in [-0.1, -0.05) is 65.3 Å². The SMILES string of the molecule is O=C(NC(CO)c1ccc(Cl)cc1)c1ccccc1Cn1cc(-c2cccc3ncccc23)nn1. The lowest BCUT2D eigenvalue weighted by molar-refractivity contribution is 0.0915. The van der Waals surface area contributed by atoms with Gasteiger partial charge >= 0.3 is 0 Å². The number of rotatable bonds is 7. The molecule has 0 saturated heterocycles. The van der Waals surface area contributed by atoms with Crippen molar-refractivity contribution >= 4 is 28.4 Å². The van der Waals surface area contributed by atoms with Gasteiger partial charge in [-0.25, -0.2) is 4.68 Å². The first kappa shape index (κ1) is 22.7. The maximum Gasteiger partial charge on any atom is 0.252 e. The van der Waals surface area contributed by atoms with Gasteiger partial charge in [-0.2, -0.15) is 0 Å². The molecule has 0 spiro atoms. The highest BCUT2D eigenvalue weighted by atomic mass is 35.5. The van der Waals surface area contributed by atoms with Crippen molar-refractivity contribution in [3.05, 3.63) is 113 Å². The van der Waals surface area contributed by atoms with Gasteiger partial charge in [-0.3, -0.25) is 9.78 Å². The van der Waals surface area contributed by atoms with Gasteiger partial charge in [0.15, 0.2) is 0 Å². The van der Waals surface area contributed by atoms with Crippen LogP contribution in [-0.2, 0) is 6.54 Å². The van der Waals surface area contributed by atoms with Crippen LogP contribution in [0, 0.1) is 0 Å². The van der Waals surface area contributed by atoms with Crippen LogP contribution in [0.2, 0.25) is 5.02 Å². The predicted molar refractivity (Wildman–Crippen MR) is 135 cm³/mol. The number of fused-ring (bicyclic) bond motifs is 1. The number of pyridine rings is 1. The Morgan fingerprint density at radius 3 is 2.66 bits per heavy atom. The van der Waals surface area contributed by atoms with Crippen molar-refractivity contribution in [2.24, 2.45) is 0 Å². The molecule has 3 aromatic carbocycles. The Labute approximate surface area is 207 Å². The molecule has 35 heavy (non-hydrogen) atoms. The number of nitrogens with zero attached hydrogens (tertiary/aromatic N) is 4. The Morgan fingerprint density at radius 1 is 1.00 bits per heavy atom. The average molecular weight is 484 g/mol. The number of aromatic nitrogens is 4. The number of aliphatic hydroxyl groups excluding tert-OH is 1. The lowest BCUT2D eigenvalue weighted by atomic mass is 10.0. The molecule has 0 saturated carbocycles. The molecule has 5 rings (SSSR count). The van der Waals surface area contributed by atoms with Crippen molar-refractivity contribution in [3.8, 4) is 11.3 Å². The zero-order valence-electron chi connectivity index (χ0n) is 18.7. The van der Waals surface area contributed by atoms with E-state index in [1.54, 1.807) is 41.2 Å². The Hall–Kier alpha value is -4.07. The Kier molecular flexibility index (Phi) is 6.52. The zero-order valence-corrected chi connectivity index (χ0v) is 19.4. The molecule has 2 heterocycles. The van der Waals surface area contributed by atoms with E-state index in [1.807, 2.05) is 54.7 Å². The van der Waals surface area contributed by atoms with Crippen molar-refractivity contribution in [3.63, 3.8) is 0 Å². The number of carbonyl (C=O) groups excluding carboxylic acids is 1. The standard InChI is InChI=1S/C27H22ClN5O2/c28-20-12-10-18(11-13-20)26(17-34)30-27(35)21-6-2-1-5-19(21)15-33-16-25(31-32-33)23-7-3-9-24-22(23)8-4-14-29-24/h1-14,16,26,34H,15,17H2,(H,30,35). The fraction of sp³-hybridized carbons (Fsp3) is 0.111. The van der Waals surface area contributed by atoms with Crippen LogP contribution >= 0.6 is 11.6 Å². The highest BCUT2D eigenvalue weighted by Crippen LogP contribution is 2.26. The van der Waals surface area contributed by atoms with E-state index in [2.05, 4.69) is 20.6 Å². The van der Waals surface area contributed by atoms with E-state index < -0.39 is 6.04 Å². The van der Waals surface area contributed by atoms with Gasteiger partial charge in [0, 0.05) is 27.7 Å². The molecule has 0 aliphatic rings. The molecule has 1 unspecified atom stereocenters. The summed E-state index contributed by atoms with van der Waals surface area (Å²) in [6, 6.07) is 23.6. The number of benzene rings is 3. The first-order valence-corrected chi connectivity index (χ1v) is 11.5. The van der Waals surface area contributed by atoms with Crippen molar-refractivity contribution < 1.29 is 9.90 Å². The van der Waals surface area contributed by atoms with Crippen LogP contribution in [0.15, 0.2) is 91.3 Å². The summed E-state index contributed by atoms with van der Waals surface area (Å²) < 4.78 is 1.71. The minimum Gasteiger partial charge on any atom is -0.394 e. The van der Waals surface area contributed by atoms with E-state index in [-0.39, 0.29) is 12.5 Å². The molecule has 0 radical (unpaired) electrons. The van der Waals surface area contributed by atoms with Crippen molar-refractivity contribution in [2.75, 3.05) is 6.61 Å². The third-order valence-electron chi connectivity index (χ3n) is 5.81. The normalized spacial score (nSPS) is 11.9. The van der Waals surface area contributed by atoms with Crippen molar-refractivity contribution in [2.45, 2.75) is 12.6 Å². The quantitative estimate of drug-likeness (QED) is 0.351. The Bertz CT molecular complexity index is 1480. The van der Waals surface area contributed by atoms with Gasteiger partial charge in [-0.05, 0) is 41.5 Å². The molecule has 2 N–H and O–H groups in total. The maximum atomic E-state index is 13.1. The molecule has 7 nitrogen and oxygen atoms in total. The number of nitrogens with one attached hydrogen (secondary N) is 1. The van der Waals surface area contributed by atoms with Crippen molar-refractivity contribution in [1.82, 2.24) is 25.3 Å². The molecule has 0 aliphatic heterocycles. The molecule has 0 bridgehead atoms. The fourth-order valence-corrected chi connectivity index (χ4v) is 4.17. The van der Waals surface area contributed by atoms with Crippen LogP contribution in [0.1, 0.15) is 27.5 Å². The third-order valence-corrected chi connectivity index (χ3v) is 6.07. The number of hydrogen-bond donors (Lipinski definition) is 2. The molecule has 1 amide bonds. The highest BCUT2D eigenvalue weighted by molar-refractivity contribution is 6.30. The Balaban J connectivity index is 1.38. The maximum absolute atomic E-state index is 13.1. The van der Waals surface area contributed by atoms with E-state index in [0.29, 0.717) is 17.1 Å². The van der Waals surface area contributed by atoms with Crippen LogP contribution in [0.25, 0.3) is 22.2 Å². The van der Waals surface area contributed by atoms with Crippen molar-refractivity contribution in [1.29, 1.82) is 0 Å². The zero-order chi connectivity index (χ0) is 24.2. The van der Waals surface area contributed by atoms with Crippen LogP contribution in [0.5, 0.6) is 0 Å². The monoisotopic (exact) mass is 483 g/mol. The summed E-state index contributed by atoms with van der Waals surface area (Å²) in [5.74, 6) is -0.282. The molecule has 0 aliphatic carbocycles. The molecule has 0 fully saturated rings. The number of carbonyl (C=O) groups is 1. The average Bonchev–Trinajstić information content (AvgIpc) is 3.36. The van der Waals surface area contributed by atoms with Gasteiger partial charge in [-0.15, -0.1) is 5.10 Å².